The van der Waals surface area contributed by atoms with Crippen LogP contribution in [0.15, 0.2) is 55.2 Å². The maximum absolute atomic E-state index is 12.9. The van der Waals surface area contributed by atoms with E-state index in [9.17, 15) is 9.59 Å². The Balaban J connectivity index is 1.43. The van der Waals surface area contributed by atoms with Crippen molar-refractivity contribution in [1.82, 2.24) is 24.6 Å². The Labute approximate surface area is 162 Å². The van der Waals surface area contributed by atoms with E-state index in [1.807, 2.05) is 23.1 Å². The van der Waals surface area contributed by atoms with Gasteiger partial charge in [-0.3, -0.25) is 14.2 Å². The van der Waals surface area contributed by atoms with Crippen LogP contribution in [0.25, 0.3) is 5.82 Å². The third-order valence-corrected chi connectivity index (χ3v) is 4.98. The van der Waals surface area contributed by atoms with E-state index in [-0.39, 0.29) is 5.91 Å². The van der Waals surface area contributed by atoms with Gasteiger partial charge in [-0.1, -0.05) is 12.1 Å². The predicted octanol–water partition coefficient (Wildman–Crippen LogP) is 1.47. The number of rotatable bonds is 5. The molecule has 1 saturated heterocycles. The number of nitrogens with zero attached hydrogens (tertiary/aromatic N) is 5. The summed E-state index contributed by atoms with van der Waals surface area (Å²) < 4.78 is 1.66. The summed E-state index contributed by atoms with van der Waals surface area (Å²) in [7, 11) is 0. The van der Waals surface area contributed by atoms with Gasteiger partial charge in [0.05, 0.1) is 0 Å². The summed E-state index contributed by atoms with van der Waals surface area (Å²) in [5, 5.41) is 7.53. The van der Waals surface area contributed by atoms with E-state index in [4.69, 9.17) is 5.73 Å². The second-order valence-corrected chi connectivity index (χ2v) is 6.95. The molecular weight excluding hydrogens is 356 g/mol. The Hall–Kier alpha value is -3.55. The molecule has 28 heavy (non-hydrogen) atoms. The van der Waals surface area contributed by atoms with Crippen LogP contribution in [0.2, 0.25) is 0 Å². The molecule has 0 radical (unpaired) electrons. The van der Waals surface area contributed by atoms with Crippen molar-refractivity contribution < 1.29 is 9.59 Å². The van der Waals surface area contributed by atoms with Crippen LogP contribution in [0.5, 0.6) is 0 Å². The minimum atomic E-state index is -0.424. The number of aromatic nitrogens is 4. The van der Waals surface area contributed by atoms with E-state index in [1.165, 1.54) is 0 Å². The molecule has 0 aliphatic carbocycles. The fraction of sp³-hybridized carbons (Fsp3) is 0.250. The minimum Gasteiger partial charge on any atom is -0.366 e. The molecule has 2 N–H and O–H groups in total. The average Bonchev–Trinajstić information content (AvgIpc) is 3.40. The summed E-state index contributed by atoms with van der Waals surface area (Å²) in [6.45, 7) is 1.40. The first kappa shape index (κ1) is 17.8. The zero-order valence-electron chi connectivity index (χ0n) is 15.2. The van der Waals surface area contributed by atoms with Crippen molar-refractivity contribution in [2.45, 2.75) is 12.8 Å². The van der Waals surface area contributed by atoms with Gasteiger partial charge in [-0.2, -0.15) is 0 Å². The highest BCUT2D eigenvalue weighted by Gasteiger charge is 2.27. The molecule has 142 valence electrons. The number of carbonyl (C=O) groups excluding carboxylic acids is 2. The van der Waals surface area contributed by atoms with Crippen molar-refractivity contribution >= 4 is 11.8 Å². The predicted molar refractivity (Wildman–Crippen MR) is 102 cm³/mol. The van der Waals surface area contributed by atoms with Crippen LogP contribution >= 0.6 is 0 Å². The number of primary amides is 1. The van der Waals surface area contributed by atoms with Crippen LogP contribution in [-0.2, 0) is 6.42 Å². The lowest BCUT2D eigenvalue weighted by Gasteiger charge is -2.17. The maximum Gasteiger partial charge on any atom is 0.254 e. The van der Waals surface area contributed by atoms with Gasteiger partial charge in [-0.05, 0) is 48.6 Å². The summed E-state index contributed by atoms with van der Waals surface area (Å²) in [6.07, 6.45) is 6.44. The lowest BCUT2D eigenvalue weighted by molar-refractivity contribution is 0.0786. The van der Waals surface area contributed by atoms with Crippen LogP contribution < -0.4 is 5.73 Å². The first-order chi connectivity index (χ1) is 13.6. The first-order valence-corrected chi connectivity index (χ1v) is 9.09. The molecule has 2 aromatic heterocycles. The largest absolute Gasteiger partial charge is 0.366 e. The topological polar surface area (TPSA) is 107 Å². The zero-order chi connectivity index (χ0) is 19.5. The Bertz CT molecular complexity index is 1000. The molecule has 1 aromatic carbocycles. The molecular formula is C20H20N6O2. The monoisotopic (exact) mass is 376 g/mol. The van der Waals surface area contributed by atoms with E-state index < -0.39 is 5.91 Å². The second-order valence-electron chi connectivity index (χ2n) is 6.95. The van der Waals surface area contributed by atoms with Crippen LogP contribution in [-0.4, -0.2) is 49.6 Å². The van der Waals surface area contributed by atoms with Crippen LogP contribution in [0, 0.1) is 5.92 Å². The molecule has 1 aliphatic heterocycles. The van der Waals surface area contributed by atoms with E-state index in [2.05, 4.69) is 15.2 Å². The third-order valence-electron chi connectivity index (χ3n) is 4.98. The molecule has 8 heteroatoms. The van der Waals surface area contributed by atoms with Crippen LogP contribution in [0.4, 0.5) is 0 Å². The van der Waals surface area contributed by atoms with Crippen molar-refractivity contribution in [2.24, 2.45) is 11.7 Å². The molecule has 1 fully saturated rings. The van der Waals surface area contributed by atoms with Crippen LogP contribution in [0.3, 0.4) is 0 Å². The molecule has 1 aliphatic rings. The van der Waals surface area contributed by atoms with Crippen molar-refractivity contribution in [3.05, 3.63) is 71.9 Å². The first-order valence-electron chi connectivity index (χ1n) is 9.09. The van der Waals surface area contributed by atoms with E-state index >= 15 is 0 Å². The molecule has 0 unspecified atom stereocenters. The molecule has 3 aromatic rings. The summed E-state index contributed by atoms with van der Waals surface area (Å²) >= 11 is 0. The average molecular weight is 376 g/mol. The molecule has 8 nitrogen and oxygen atoms in total. The highest BCUT2D eigenvalue weighted by atomic mass is 16.2. The Kier molecular flexibility index (Phi) is 4.84. The number of hydrogen-bond acceptors (Lipinski definition) is 5. The summed E-state index contributed by atoms with van der Waals surface area (Å²) in [4.78, 5) is 30.4. The quantitative estimate of drug-likeness (QED) is 0.725. The van der Waals surface area contributed by atoms with Gasteiger partial charge in [-0.25, -0.2) is 4.98 Å². The van der Waals surface area contributed by atoms with Crippen molar-refractivity contribution in [3.63, 3.8) is 0 Å². The van der Waals surface area contributed by atoms with E-state index in [0.717, 1.165) is 18.4 Å². The van der Waals surface area contributed by atoms with Crippen molar-refractivity contribution in [2.75, 3.05) is 13.1 Å². The number of pyridine rings is 1. The van der Waals surface area contributed by atoms with E-state index in [1.54, 1.807) is 41.6 Å². The lowest BCUT2D eigenvalue weighted by atomic mass is 9.97. The smallest absolute Gasteiger partial charge is 0.254 e. The van der Waals surface area contributed by atoms with Gasteiger partial charge in [0, 0.05) is 30.4 Å². The molecule has 1 atom stereocenters. The van der Waals surface area contributed by atoms with Gasteiger partial charge >= 0.3 is 0 Å². The van der Waals surface area contributed by atoms with Gasteiger partial charge in [0.2, 0.25) is 5.91 Å². The van der Waals surface area contributed by atoms with Crippen molar-refractivity contribution in [1.29, 1.82) is 0 Å². The normalized spacial score (nSPS) is 16.3. The fourth-order valence-corrected chi connectivity index (χ4v) is 3.56. The fourth-order valence-electron chi connectivity index (χ4n) is 3.56. The number of nitrogens with two attached hydrogens (primary N) is 1. The second kappa shape index (κ2) is 7.59. The number of amides is 2. The van der Waals surface area contributed by atoms with Gasteiger partial charge in [0.25, 0.3) is 5.91 Å². The molecule has 0 spiro atoms. The SMILES string of the molecule is NC(=O)c1cccc(C[C@H]2CCN(C(=O)c3ccnc(-n4cnnc4)c3)C2)c1. The van der Waals surface area contributed by atoms with Gasteiger partial charge in [0.1, 0.15) is 18.5 Å². The zero-order valence-corrected chi connectivity index (χ0v) is 15.2. The number of benzene rings is 1. The van der Waals surface area contributed by atoms with Crippen LogP contribution in [0.1, 0.15) is 32.7 Å². The highest BCUT2D eigenvalue weighted by molar-refractivity contribution is 5.94. The molecule has 3 heterocycles. The van der Waals surface area contributed by atoms with Crippen molar-refractivity contribution in [3.8, 4) is 5.82 Å². The summed E-state index contributed by atoms with van der Waals surface area (Å²) in [5.74, 6) is 0.526. The van der Waals surface area contributed by atoms with Gasteiger partial charge in [-0.15, -0.1) is 10.2 Å². The number of likely N-dealkylation sites (tertiary alicyclic amines) is 1. The van der Waals surface area contributed by atoms with Gasteiger partial charge < -0.3 is 10.6 Å². The summed E-state index contributed by atoms with van der Waals surface area (Å²) in [6, 6.07) is 10.9. The minimum absolute atomic E-state index is 0.00916. The molecule has 0 saturated carbocycles. The standard InChI is InChI=1S/C20H20N6O2/c21-19(27)16-3-1-2-14(9-16)8-15-5-7-25(11-15)20(28)17-4-6-22-18(10-17)26-12-23-24-13-26/h1-4,6,9-10,12-13,15H,5,7-8,11H2,(H2,21,27)/t15-/m1/s1. The maximum atomic E-state index is 12.9. The van der Waals surface area contributed by atoms with E-state index in [0.29, 0.717) is 36.0 Å². The van der Waals surface area contributed by atoms with Gasteiger partial charge in [0.15, 0.2) is 0 Å². The lowest BCUT2D eigenvalue weighted by Crippen LogP contribution is -2.29. The Morgan fingerprint density at radius 2 is 1.93 bits per heavy atom. The summed E-state index contributed by atoms with van der Waals surface area (Å²) in [5.41, 5.74) is 7.53. The third kappa shape index (κ3) is 3.75. The highest BCUT2D eigenvalue weighted by Crippen LogP contribution is 2.23. The number of carbonyl (C=O) groups is 2. The molecule has 4 rings (SSSR count). The Morgan fingerprint density at radius 3 is 2.71 bits per heavy atom. The number of hydrogen-bond donors (Lipinski definition) is 1. The molecule has 2 amide bonds. The molecule has 0 bridgehead atoms. The Morgan fingerprint density at radius 1 is 1.11 bits per heavy atom.